The number of hydrogen-bond acceptors (Lipinski definition) is 6. The van der Waals surface area contributed by atoms with E-state index in [1.165, 1.54) is 19.1 Å². The quantitative estimate of drug-likeness (QED) is 0.650. The summed E-state index contributed by atoms with van der Waals surface area (Å²) in [4.78, 5) is 27.0. The van der Waals surface area contributed by atoms with Crippen LogP contribution in [0.5, 0.6) is 0 Å². The van der Waals surface area contributed by atoms with Crippen molar-refractivity contribution >= 4 is 28.4 Å². The maximum Gasteiger partial charge on any atom is 0.217 e. The molecule has 2 atom stereocenters. The Bertz CT molecular complexity index is 1120. The van der Waals surface area contributed by atoms with Crippen molar-refractivity contribution in [1.82, 2.24) is 20.3 Å². The second-order valence-electron chi connectivity index (χ2n) is 7.88. The molecular weight excluding hydrogens is 402 g/mol. The molecule has 162 valence electrons. The van der Waals surface area contributed by atoms with Crippen molar-refractivity contribution in [1.29, 1.82) is 0 Å². The smallest absolute Gasteiger partial charge is 0.217 e. The minimum Gasteiger partial charge on any atom is -0.363 e. The largest absolute Gasteiger partial charge is 0.363 e. The zero-order valence-corrected chi connectivity index (χ0v) is 17.6. The number of benzene rings is 1. The molecule has 3 heterocycles. The summed E-state index contributed by atoms with van der Waals surface area (Å²) in [6.45, 7) is 6.56. The van der Waals surface area contributed by atoms with Gasteiger partial charge in [-0.25, -0.2) is 23.7 Å². The van der Waals surface area contributed by atoms with Gasteiger partial charge in [0.1, 0.15) is 29.1 Å². The number of hydrogen-bond donors (Lipinski definition) is 2. The van der Waals surface area contributed by atoms with Crippen molar-refractivity contribution in [3.63, 3.8) is 0 Å². The maximum atomic E-state index is 13.6. The molecule has 0 unspecified atom stereocenters. The third kappa shape index (κ3) is 4.70. The summed E-state index contributed by atoms with van der Waals surface area (Å²) >= 11 is 0. The molecule has 4 rings (SSSR count). The first-order valence-corrected chi connectivity index (χ1v) is 10.2. The molecular formula is C22H24F2N6O. The fourth-order valence-corrected chi connectivity index (χ4v) is 3.91. The fourth-order valence-electron chi connectivity index (χ4n) is 3.91. The Morgan fingerprint density at radius 2 is 1.94 bits per heavy atom. The summed E-state index contributed by atoms with van der Waals surface area (Å²) in [7, 11) is 0. The highest BCUT2D eigenvalue weighted by Gasteiger charge is 2.24. The topological polar surface area (TPSA) is 83.0 Å². The second-order valence-corrected chi connectivity index (χ2v) is 7.88. The molecule has 0 bridgehead atoms. The fraction of sp³-hybridized carbons (Fsp3) is 0.364. The van der Waals surface area contributed by atoms with E-state index in [1.54, 1.807) is 13.1 Å². The molecule has 0 radical (unpaired) electrons. The second kappa shape index (κ2) is 8.41. The SMILES string of the molecule is CC(=O)N[C@@H]1CCN(c2cc3c(N[C@H](C)c4cc(F)cc(F)c4)nc(C)nc3cn2)C1. The Morgan fingerprint density at radius 3 is 2.65 bits per heavy atom. The predicted molar refractivity (Wildman–Crippen MR) is 115 cm³/mol. The van der Waals surface area contributed by atoms with Gasteiger partial charge in [-0.2, -0.15) is 0 Å². The van der Waals surface area contributed by atoms with E-state index in [-0.39, 0.29) is 18.0 Å². The molecule has 7 nitrogen and oxygen atoms in total. The minimum atomic E-state index is -0.623. The van der Waals surface area contributed by atoms with Crippen molar-refractivity contribution < 1.29 is 13.6 Å². The van der Waals surface area contributed by atoms with Crippen LogP contribution in [0.15, 0.2) is 30.5 Å². The molecule has 1 fully saturated rings. The maximum absolute atomic E-state index is 13.6. The third-order valence-corrected chi connectivity index (χ3v) is 5.34. The van der Waals surface area contributed by atoms with Crippen LogP contribution in [-0.4, -0.2) is 40.0 Å². The third-order valence-electron chi connectivity index (χ3n) is 5.34. The Hall–Kier alpha value is -3.36. The van der Waals surface area contributed by atoms with Gasteiger partial charge in [0.15, 0.2) is 0 Å². The van der Waals surface area contributed by atoms with Crippen LogP contribution in [0.4, 0.5) is 20.4 Å². The number of nitrogens with one attached hydrogen (secondary N) is 2. The summed E-state index contributed by atoms with van der Waals surface area (Å²) in [6, 6.07) is 5.07. The standard InChI is InChI=1S/C22H24F2N6O/c1-12(15-6-16(23)8-17(24)7-15)26-22-19-9-21(25-10-20(19)27-13(2)28-22)30-5-4-18(11-30)29-14(3)31/h6-10,12,18H,4-5,11H2,1-3H3,(H,29,31)(H,26,27,28)/t12-,18-/m1/s1. The lowest BCUT2D eigenvalue weighted by Gasteiger charge is -2.20. The normalized spacial score (nSPS) is 17.1. The number of rotatable bonds is 5. The molecule has 1 saturated heterocycles. The van der Waals surface area contributed by atoms with Crippen LogP contribution < -0.4 is 15.5 Å². The molecule has 31 heavy (non-hydrogen) atoms. The van der Waals surface area contributed by atoms with Crippen LogP contribution in [0.3, 0.4) is 0 Å². The molecule has 0 spiro atoms. The Morgan fingerprint density at radius 1 is 1.19 bits per heavy atom. The van der Waals surface area contributed by atoms with E-state index in [1.807, 2.05) is 13.0 Å². The highest BCUT2D eigenvalue weighted by molar-refractivity contribution is 5.90. The van der Waals surface area contributed by atoms with Gasteiger partial charge >= 0.3 is 0 Å². The van der Waals surface area contributed by atoms with Gasteiger partial charge in [-0.05, 0) is 44.0 Å². The van der Waals surface area contributed by atoms with Gasteiger partial charge in [-0.1, -0.05) is 0 Å². The Balaban J connectivity index is 1.64. The first kappa shape index (κ1) is 20.9. The summed E-state index contributed by atoms with van der Waals surface area (Å²) in [6.07, 6.45) is 2.54. The van der Waals surface area contributed by atoms with E-state index in [9.17, 15) is 13.6 Å². The van der Waals surface area contributed by atoms with Crippen LogP contribution >= 0.6 is 0 Å². The van der Waals surface area contributed by atoms with Crippen LogP contribution in [0.2, 0.25) is 0 Å². The van der Waals surface area contributed by atoms with Crippen LogP contribution in [0, 0.1) is 18.6 Å². The highest BCUT2D eigenvalue weighted by atomic mass is 19.1. The molecule has 1 aromatic carbocycles. The molecule has 1 aliphatic heterocycles. The average Bonchev–Trinajstić information content (AvgIpc) is 3.14. The number of fused-ring (bicyclic) bond motifs is 1. The average molecular weight is 426 g/mol. The van der Waals surface area contributed by atoms with E-state index in [0.717, 1.165) is 30.2 Å². The minimum absolute atomic E-state index is 0.0449. The highest BCUT2D eigenvalue weighted by Crippen LogP contribution is 2.29. The molecule has 0 aliphatic carbocycles. The van der Waals surface area contributed by atoms with Gasteiger partial charge in [0.2, 0.25) is 5.91 Å². The van der Waals surface area contributed by atoms with Crippen molar-refractivity contribution in [2.75, 3.05) is 23.3 Å². The number of pyridine rings is 1. The van der Waals surface area contributed by atoms with E-state index >= 15 is 0 Å². The number of nitrogens with zero attached hydrogens (tertiary/aromatic N) is 4. The lowest BCUT2D eigenvalue weighted by molar-refractivity contribution is -0.119. The lowest BCUT2D eigenvalue weighted by atomic mass is 10.1. The van der Waals surface area contributed by atoms with Crippen LogP contribution in [-0.2, 0) is 4.79 Å². The number of anilines is 2. The zero-order chi connectivity index (χ0) is 22.1. The molecule has 3 aromatic rings. The van der Waals surface area contributed by atoms with E-state index in [2.05, 4.69) is 30.5 Å². The first-order chi connectivity index (χ1) is 14.8. The van der Waals surface area contributed by atoms with Crippen molar-refractivity contribution in [2.45, 2.75) is 39.3 Å². The number of carbonyl (C=O) groups is 1. The monoisotopic (exact) mass is 426 g/mol. The van der Waals surface area contributed by atoms with E-state index in [0.29, 0.717) is 29.3 Å². The number of halogens is 2. The first-order valence-electron chi connectivity index (χ1n) is 10.2. The zero-order valence-electron chi connectivity index (χ0n) is 17.6. The lowest BCUT2D eigenvalue weighted by Crippen LogP contribution is -2.35. The molecule has 1 amide bonds. The molecule has 1 aliphatic rings. The Labute approximate surface area is 178 Å². The van der Waals surface area contributed by atoms with Gasteiger partial charge < -0.3 is 15.5 Å². The molecule has 0 saturated carbocycles. The summed E-state index contributed by atoms with van der Waals surface area (Å²) in [5.74, 6) is 0.606. The molecule has 2 N–H and O–H groups in total. The van der Waals surface area contributed by atoms with Crippen LogP contribution in [0.25, 0.3) is 10.9 Å². The van der Waals surface area contributed by atoms with Crippen molar-refractivity contribution in [3.8, 4) is 0 Å². The number of aryl methyl sites for hydroxylation is 1. The van der Waals surface area contributed by atoms with E-state index < -0.39 is 11.6 Å². The van der Waals surface area contributed by atoms with Crippen molar-refractivity contribution in [3.05, 3.63) is 53.5 Å². The van der Waals surface area contributed by atoms with Gasteiger partial charge in [-0.15, -0.1) is 0 Å². The molecule has 9 heteroatoms. The number of carbonyl (C=O) groups excluding carboxylic acids is 1. The van der Waals surface area contributed by atoms with E-state index in [4.69, 9.17) is 0 Å². The number of aromatic nitrogens is 3. The summed E-state index contributed by atoms with van der Waals surface area (Å²) < 4.78 is 27.3. The predicted octanol–water partition coefficient (Wildman–Crippen LogP) is 3.50. The van der Waals surface area contributed by atoms with Crippen LogP contribution in [0.1, 0.15) is 37.7 Å². The van der Waals surface area contributed by atoms with Gasteiger partial charge in [-0.3, -0.25) is 4.79 Å². The summed E-state index contributed by atoms with van der Waals surface area (Å²) in [5, 5.41) is 6.97. The Kier molecular flexibility index (Phi) is 5.67. The van der Waals surface area contributed by atoms with Gasteiger partial charge in [0, 0.05) is 37.5 Å². The van der Waals surface area contributed by atoms with Gasteiger partial charge in [0.25, 0.3) is 0 Å². The summed E-state index contributed by atoms with van der Waals surface area (Å²) in [5.41, 5.74) is 1.16. The van der Waals surface area contributed by atoms with Gasteiger partial charge in [0.05, 0.1) is 17.8 Å². The molecule has 2 aromatic heterocycles. The van der Waals surface area contributed by atoms with Crippen molar-refractivity contribution in [2.24, 2.45) is 0 Å². The number of amides is 1.